The molecule has 3 heterocycles. The van der Waals surface area contributed by atoms with E-state index in [9.17, 15) is 4.79 Å². The first-order valence-electron chi connectivity index (χ1n) is 6.30. The summed E-state index contributed by atoms with van der Waals surface area (Å²) in [6.45, 7) is 5.53. The van der Waals surface area contributed by atoms with Crippen molar-refractivity contribution in [2.24, 2.45) is 5.92 Å². The van der Waals surface area contributed by atoms with Gasteiger partial charge in [0.15, 0.2) is 0 Å². The molecule has 1 N–H and O–H groups in total. The number of hydrogen-bond acceptors (Lipinski definition) is 3. The van der Waals surface area contributed by atoms with Gasteiger partial charge < -0.3 is 10.2 Å². The minimum Gasteiger partial charge on any atom is -0.347 e. The summed E-state index contributed by atoms with van der Waals surface area (Å²) in [4.78, 5) is 16.6. The number of aryl methyl sites for hydroxylation is 1. The summed E-state index contributed by atoms with van der Waals surface area (Å²) in [5.74, 6) is 0.912. The van der Waals surface area contributed by atoms with Gasteiger partial charge in [-0.25, -0.2) is 0 Å². The van der Waals surface area contributed by atoms with Gasteiger partial charge in [0, 0.05) is 24.0 Å². The molecule has 3 nitrogen and oxygen atoms in total. The molecule has 1 amide bonds. The number of thiophene rings is 1. The third kappa shape index (κ3) is 2.38. The average molecular weight is 250 g/mol. The SMILES string of the molecule is Cc1ccc(C(=O)N[C@H]2C[C@H]3CCN(C3)C2)s1. The average Bonchev–Trinajstić information content (AvgIpc) is 2.85. The molecule has 4 heteroatoms. The zero-order chi connectivity index (χ0) is 11.8. The summed E-state index contributed by atoms with van der Waals surface area (Å²) in [5.41, 5.74) is 0. The van der Waals surface area contributed by atoms with Crippen molar-refractivity contribution >= 4 is 17.2 Å². The van der Waals surface area contributed by atoms with Gasteiger partial charge in [-0.3, -0.25) is 4.79 Å². The topological polar surface area (TPSA) is 32.3 Å². The predicted molar refractivity (Wildman–Crippen MR) is 69.5 cm³/mol. The maximum atomic E-state index is 12.0. The Morgan fingerprint density at radius 3 is 3.06 bits per heavy atom. The number of carbonyl (C=O) groups is 1. The Morgan fingerprint density at radius 1 is 1.47 bits per heavy atom. The zero-order valence-corrected chi connectivity index (χ0v) is 10.9. The second-order valence-electron chi connectivity index (χ2n) is 5.23. The van der Waals surface area contributed by atoms with Crippen molar-refractivity contribution in [3.8, 4) is 0 Å². The molecule has 17 heavy (non-hydrogen) atoms. The zero-order valence-electron chi connectivity index (χ0n) is 10.1. The van der Waals surface area contributed by atoms with Crippen molar-refractivity contribution in [1.29, 1.82) is 0 Å². The third-order valence-electron chi connectivity index (χ3n) is 3.77. The number of rotatable bonds is 2. The van der Waals surface area contributed by atoms with Crippen molar-refractivity contribution in [3.63, 3.8) is 0 Å². The first-order chi connectivity index (χ1) is 8.20. The van der Waals surface area contributed by atoms with Crippen LogP contribution in [0.5, 0.6) is 0 Å². The van der Waals surface area contributed by atoms with E-state index in [2.05, 4.69) is 10.2 Å². The lowest BCUT2D eigenvalue weighted by atomic mass is 9.97. The quantitative estimate of drug-likeness (QED) is 0.869. The molecule has 2 bridgehead atoms. The van der Waals surface area contributed by atoms with Crippen LogP contribution in [0.25, 0.3) is 0 Å². The molecule has 0 aliphatic carbocycles. The molecule has 1 unspecified atom stereocenters. The molecule has 3 atom stereocenters. The van der Waals surface area contributed by atoms with Gasteiger partial charge in [-0.1, -0.05) is 0 Å². The number of piperidine rings is 1. The van der Waals surface area contributed by atoms with Gasteiger partial charge in [-0.15, -0.1) is 11.3 Å². The summed E-state index contributed by atoms with van der Waals surface area (Å²) in [5, 5.41) is 3.18. The van der Waals surface area contributed by atoms with Crippen LogP contribution in [0, 0.1) is 12.8 Å². The highest BCUT2D eigenvalue weighted by Crippen LogP contribution is 2.27. The molecule has 0 saturated carbocycles. The van der Waals surface area contributed by atoms with Crippen molar-refractivity contribution in [1.82, 2.24) is 10.2 Å². The van der Waals surface area contributed by atoms with E-state index in [0.29, 0.717) is 6.04 Å². The first kappa shape index (κ1) is 11.2. The fraction of sp³-hybridized carbons (Fsp3) is 0.615. The van der Waals surface area contributed by atoms with Gasteiger partial charge in [0.05, 0.1) is 4.88 Å². The van der Waals surface area contributed by atoms with Crippen LogP contribution in [-0.4, -0.2) is 36.5 Å². The summed E-state index contributed by atoms with van der Waals surface area (Å²) in [6.07, 6.45) is 2.47. The highest BCUT2D eigenvalue weighted by Gasteiger charge is 2.33. The molecule has 2 aliphatic rings. The summed E-state index contributed by atoms with van der Waals surface area (Å²) < 4.78 is 0. The maximum Gasteiger partial charge on any atom is 0.261 e. The number of fused-ring (bicyclic) bond motifs is 2. The van der Waals surface area contributed by atoms with Crippen molar-refractivity contribution in [2.75, 3.05) is 19.6 Å². The van der Waals surface area contributed by atoms with Crippen molar-refractivity contribution in [3.05, 3.63) is 21.9 Å². The minimum atomic E-state index is 0.107. The Kier molecular flexibility index (Phi) is 2.92. The normalized spacial score (nSPS) is 31.5. The fourth-order valence-corrected chi connectivity index (χ4v) is 3.75. The van der Waals surface area contributed by atoms with E-state index in [0.717, 1.165) is 23.8 Å². The largest absolute Gasteiger partial charge is 0.347 e. The molecule has 1 aromatic heterocycles. The van der Waals surface area contributed by atoms with Gasteiger partial charge in [-0.2, -0.15) is 0 Å². The molecule has 1 aromatic rings. The lowest BCUT2D eigenvalue weighted by molar-refractivity contribution is 0.0913. The van der Waals surface area contributed by atoms with Gasteiger partial charge >= 0.3 is 0 Å². The summed E-state index contributed by atoms with van der Waals surface area (Å²) >= 11 is 1.58. The highest BCUT2D eigenvalue weighted by atomic mass is 32.1. The minimum absolute atomic E-state index is 0.107. The number of nitrogens with zero attached hydrogens (tertiary/aromatic N) is 1. The lowest BCUT2D eigenvalue weighted by Gasteiger charge is -2.30. The van der Waals surface area contributed by atoms with Crippen LogP contribution >= 0.6 is 11.3 Å². The Labute approximate surface area is 106 Å². The van der Waals surface area contributed by atoms with Gasteiger partial charge in [0.25, 0.3) is 5.91 Å². The summed E-state index contributed by atoms with van der Waals surface area (Å²) in [6, 6.07) is 4.28. The molecule has 0 radical (unpaired) electrons. The first-order valence-corrected chi connectivity index (χ1v) is 7.12. The molecule has 3 rings (SSSR count). The van der Waals surface area contributed by atoms with E-state index in [1.165, 1.54) is 24.4 Å². The lowest BCUT2D eigenvalue weighted by Crippen LogP contribution is -2.46. The molecular formula is C13H18N2OS. The standard InChI is InChI=1S/C13H18N2OS/c1-9-2-3-12(17-9)13(16)14-11-6-10-4-5-15(7-10)8-11/h2-3,10-11H,4-8H2,1H3,(H,14,16)/t10-,11+/m1/s1. The second kappa shape index (κ2) is 4.42. The van der Waals surface area contributed by atoms with Gasteiger partial charge in [0.1, 0.15) is 0 Å². The molecular weight excluding hydrogens is 232 g/mol. The monoisotopic (exact) mass is 250 g/mol. The van der Waals surface area contributed by atoms with Gasteiger partial charge in [0.2, 0.25) is 0 Å². The summed E-state index contributed by atoms with van der Waals surface area (Å²) in [7, 11) is 0. The molecule has 92 valence electrons. The molecule has 0 spiro atoms. The van der Waals surface area contributed by atoms with Crippen molar-refractivity contribution in [2.45, 2.75) is 25.8 Å². The van der Waals surface area contributed by atoms with Crippen LogP contribution in [0.15, 0.2) is 12.1 Å². The van der Waals surface area contributed by atoms with Crippen LogP contribution < -0.4 is 5.32 Å². The van der Waals surface area contributed by atoms with Crippen LogP contribution in [-0.2, 0) is 0 Å². The van der Waals surface area contributed by atoms with Crippen LogP contribution in [0.2, 0.25) is 0 Å². The number of nitrogens with one attached hydrogen (secondary N) is 1. The van der Waals surface area contributed by atoms with E-state index in [1.54, 1.807) is 11.3 Å². The smallest absolute Gasteiger partial charge is 0.261 e. The number of amides is 1. The Balaban J connectivity index is 1.62. The number of carbonyl (C=O) groups excluding carboxylic acids is 1. The third-order valence-corrected chi connectivity index (χ3v) is 4.77. The highest BCUT2D eigenvalue weighted by molar-refractivity contribution is 7.13. The predicted octanol–water partition coefficient (Wildman–Crippen LogP) is 1.88. The Hall–Kier alpha value is -0.870. The Bertz CT molecular complexity index is 417. The van der Waals surface area contributed by atoms with Crippen molar-refractivity contribution < 1.29 is 4.79 Å². The van der Waals surface area contributed by atoms with E-state index in [4.69, 9.17) is 0 Å². The van der Waals surface area contributed by atoms with Crippen LogP contribution in [0.1, 0.15) is 27.4 Å². The van der Waals surface area contributed by atoms with Crippen LogP contribution in [0.3, 0.4) is 0 Å². The second-order valence-corrected chi connectivity index (χ2v) is 6.52. The molecule has 0 aromatic carbocycles. The molecule has 2 fully saturated rings. The van der Waals surface area contributed by atoms with E-state index < -0.39 is 0 Å². The van der Waals surface area contributed by atoms with E-state index >= 15 is 0 Å². The Morgan fingerprint density at radius 2 is 2.35 bits per heavy atom. The molecule has 2 saturated heterocycles. The van der Waals surface area contributed by atoms with E-state index in [-0.39, 0.29) is 5.91 Å². The number of hydrogen-bond donors (Lipinski definition) is 1. The van der Waals surface area contributed by atoms with Gasteiger partial charge in [-0.05, 0) is 44.4 Å². The van der Waals surface area contributed by atoms with Crippen LogP contribution in [0.4, 0.5) is 0 Å². The fourth-order valence-electron chi connectivity index (χ4n) is 2.98. The molecule has 2 aliphatic heterocycles. The van der Waals surface area contributed by atoms with E-state index in [1.807, 2.05) is 19.1 Å². The maximum absolute atomic E-state index is 12.0.